The largest absolute Gasteiger partial charge is 0.480 e. The second-order valence-corrected chi connectivity index (χ2v) is 4.16. The Labute approximate surface area is 109 Å². The minimum Gasteiger partial charge on any atom is -0.480 e. The first-order chi connectivity index (χ1) is 8.91. The van der Waals surface area contributed by atoms with E-state index in [9.17, 15) is 18.4 Å². The number of carbonyl (C=O) groups excluding carboxylic acids is 1. The molecule has 0 heterocycles. The Hall–Kier alpha value is -1.98. The maximum atomic E-state index is 12.2. The van der Waals surface area contributed by atoms with Gasteiger partial charge in [0.15, 0.2) is 0 Å². The predicted octanol–water partition coefficient (Wildman–Crippen LogP) is 2.01. The Morgan fingerprint density at radius 2 is 1.84 bits per heavy atom. The van der Waals surface area contributed by atoms with Gasteiger partial charge in [-0.3, -0.25) is 4.79 Å². The van der Waals surface area contributed by atoms with Crippen LogP contribution < -0.4 is 5.32 Å². The van der Waals surface area contributed by atoms with E-state index in [1.165, 1.54) is 0 Å². The van der Waals surface area contributed by atoms with Crippen molar-refractivity contribution in [3.05, 3.63) is 35.9 Å². The minimum absolute atomic E-state index is 0.584. The molecule has 0 radical (unpaired) electrons. The number of benzene rings is 1. The third-order valence-corrected chi connectivity index (χ3v) is 2.72. The van der Waals surface area contributed by atoms with Gasteiger partial charge in [0.05, 0.1) is 5.92 Å². The van der Waals surface area contributed by atoms with Crippen LogP contribution in [0, 0.1) is 0 Å². The van der Waals surface area contributed by atoms with Crippen molar-refractivity contribution in [1.29, 1.82) is 0 Å². The van der Waals surface area contributed by atoms with E-state index in [4.69, 9.17) is 5.11 Å². The zero-order chi connectivity index (χ0) is 14.4. The topological polar surface area (TPSA) is 66.4 Å². The molecule has 2 atom stereocenters. The molecular formula is C13H15F2NO3. The molecule has 1 aromatic carbocycles. The Morgan fingerprint density at radius 1 is 1.26 bits per heavy atom. The standard InChI is InChI=1S/C13H15F2NO3/c1-8(9-5-3-2-4-6-9)12(17)16-10(13(18)19)7-11(14)15/h2-6,8,10-11H,7H2,1H3,(H,16,17)(H,18,19)/t8-,10?/m1/s1. The Bertz CT molecular complexity index is 437. The summed E-state index contributed by atoms with van der Waals surface area (Å²) in [5.74, 6) is -2.64. The van der Waals surface area contributed by atoms with E-state index < -0.39 is 36.7 Å². The minimum atomic E-state index is -2.78. The number of carboxylic acid groups (broad SMARTS) is 1. The summed E-state index contributed by atoms with van der Waals surface area (Å²) in [4.78, 5) is 22.6. The number of hydrogen-bond donors (Lipinski definition) is 2. The number of nitrogens with one attached hydrogen (secondary N) is 1. The average Bonchev–Trinajstić information content (AvgIpc) is 2.37. The summed E-state index contributed by atoms with van der Waals surface area (Å²) in [6, 6.07) is 7.13. The second-order valence-electron chi connectivity index (χ2n) is 4.16. The lowest BCUT2D eigenvalue weighted by atomic mass is 10.00. The zero-order valence-electron chi connectivity index (χ0n) is 10.3. The van der Waals surface area contributed by atoms with Crippen molar-refractivity contribution in [3.63, 3.8) is 0 Å². The molecule has 0 aromatic heterocycles. The summed E-state index contributed by atoms with van der Waals surface area (Å²) in [6.07, 6.45) is -3.68. The summed E-state index contributed by atoms with van der Waals surface area (Å²) in [7, 11) is 0. The fourth-order valence-electron chi connectivity index (χ4n) is 1.59. The van der Waals surface area contributed by atoms with Crippen LogP contribution in [0.5, 0.6) is 0 Å². The van der Waals surface area contributed by atoms with Crippen molar-refractivity contribution >= 4 is 11.9 Å². The third kappa shape index (κ3) is 4.65. The summed E-state index contributed by atoms with van der Waals surface area (Å²) < 4.78 is 24.4. The summed E-state index contributed by atoms with van der Waals surface area (Å²) in [6.45, 7) is 1.59. The van der Waals surface area contributed by atoms with E-state index in [1.807, 2.05) is 0 Å². The molecule has 4 nitrogen and oxygen atoms in total. The number of hydrogen-bond acceptors (Lipinski definition) is 2. The highest BCUT2D eigenvalue weighted by Gasteiger charge is 2.26. The molecule has 0 saturated heterocycles. The van der Waals surface area contributed by atoms with Gasteiger partial charge in [-0.15, -0.1) is 0 Å². The second kappa shape index (κ2) is 6.82. The Morgan fingerprint density at radius 3 is 2.32 bits per heavy atom. The van der Waals surface area contributed by atoms with Crippen molar-refractivity contribution in [2.45, 2.75) is 31.7 Å². The van der Waals surface area contributed by atoms with E-state index in [0.29, 0.717) is 5.56 Å². The highest BCUT2D eigenvalue weighted by molar-refractivity contribution is 5.87. The van der Waals surface area contributed by atoms with Crippen LogP contribution >= 0.6 is 0 Å². The first-order valence-corrected chi connectivity index (χ1v) is 5.78. The predicted molar refractivity (Wildman–Crippen MR) is 65.0 cm³/mol. The van der Waals surface area contributed by atoms with Crippen LogP contribution in [0.2, 0.25) is 0 Å². The molecule has 2 N–H and O–H groups in total. The fourth-order valence-corrected chi connectivity index (χ4v) is 1.59. The van der Waals surface area contributed by atoms with Crippen LogP contribution in [0.4, 0.5) is 8.78 Å². The number of halogens is 2. The first kappa shape index (κ1) is 15.1. The molecule has 0 aliphatic rings. The molecule has 1 amide bonds. The summed E-state index contributed by atoms with van der Waals surface area (Å²) in [5.41, 5.74) is 0.696. The van der Waals surface area contributed by atoms with Gasteiger partial charge >= 0.3 is 5.97 Å². The molecule has 1 unspecified atom stereocenters. The van der Waals surface area contributed by atoms with Gasteiger partial charge < -0.3 is 10.4 Å². The van der Waals surface area contributed by atoms with Crippen molar-refractivity contribution in [2.24, 2.45) is 0 Å². The number of alkyl halides is 2. The average molecular weight is 271 g/mol. The van der Waals surface area contributed by atoms with Crippen LogP contribution in [0.3, 0.4) is 0 Å². The van der Waals surface area contributed by atoms with Gasteiger partial charge in [-0.2, -0.15) is 0 Å². The number of carbonyl (C=O) groups is 2. The smallest absolute Gasteiger partial charge is 0.326 e. The maximum Gasteiger partial charge on any atom is 0.326 e. The molecule has 0 aliphatic carbocycles. The SMILES string of the molecule is C[C@@H](C(=O)NC(CC(F)F)C(=O)O)c1ccccc1. The van der Waals surface area contributed by atoms with Crippen molar-refractivity contribution < 1.29 is 23.5 Å². The van der Waals surface area contributed by atoms with Gasteiger partial charge in [-0.1, -0.05) is 30.3 Å². The van der Waals surface area contributed by atoms with Crippen molar-refractivity contribution in [3.8, 4) is 0 Å². The third-order valence-electron chi connectivity index (χ3n) is 2.72. The quantitative estimate of drug-likeness (QED) is 0.831. The molecule has 1 rings (SSSR count). The molecular weight excluding hydrogens is 256 g/mol. The molecule has 0 bridgehead atoms. The van der Waals surface area contributed by atoms with Gasteiger partial charge in [0.2, 0.25) is 12.3 Å². The molecule has 0 aliphatic heterocycles. The van der Waals surface area contributed by atoms with E-state index >= 15 is 0 Å². The van der Waals surface area contributed by atoms with Crippen molar-refractivity contribution in [1.82, 2.24) is 5.32 Å². The molecule has 19 heavy (non-hydrogen) atoms. The van der Waals surface area contributed by atoms with Crippen LogP contribution in [0.1, 0.15) is 24.8 Å². The lowest BCUT2D eigenvalue weighted by molar-refractivity contribution is -0.143. The zero-order valence-corrected chi connectivity index (χ0v) is 10.3. The summed E-state index contributed by atoms with van der Waals surface area (Å²) in [5, 5.41) is 10.9. The van der Waals surface area contributed by atoms with Crippen molar-refractivity contribution in [2.75, 3.05) is 0 Å². The van der Waals surface area contributed by atoms with E-state index in [-0.39, 0.29) is 0 Å². The molecule has 6 heteroatoms. The number of aliphatic carboxylic acids is 1. The van der Waals surface area contributed by atoms with E-state index in [1.54, 1.807) is 37.3 Å². The van der Waals surface area contributed by atoms with Crippen LogP contribution in [-0.2, 0) is 9.59 Å². The lowest BCUT2D eigenvalue weighted by Gasteiger charge is -2.17. The van der Waals surface area contributed by atoms with Crippen LogP contribution in [0.25, 0.3) is 0 Å². The van der Waals surface area contributed by atoms with E-state index in [2.05, 4.69) is 5.32 Å². The van der Waals surface area contributed by atoms with Gasteiger partial charge in [-0.25, -0.2) is 13.6 Å². The summed E-state index contributed by atoms with van der Waals surface area (Å²) >= 11 is 0. The Kier molecular flexibility index (Phi) is 5.41. The van der Waals surface area contributed by atoms with E-state index in [0.717, 1.165) is 0 Å². The molecule has 0 saturated carbocycles. The maximum absolute atomic E-state index is 12.2. The van der Waals surface area contributed by atoms with Gasteiger partial charge in [0.1, 0.15) is 6.04 Å². The Balaban J connectivity index is 2.69. The normalized spacial score (nSPS) is 13.9. The number of rotatable bonds is 6. The molecule has 1 aromatic rings. The first-order valence-electron chi connectivity index (χ1n) is 5.78. The number of carboxylic acids is 1. The molecule has 104 valence electrons. The molecule has 0 spiro atoms. The van der Waals surface area contributed by atoms with Crippen LogP contribution in [0.15, 0.2) is 30.3 Å². The highest BCUT2D eigenvalue weighted by atomic mass is 19.3. The lowest BCUT2D eigenvalue weighted by Crippen LogP contribution is -2.43. The fraction of sp³-hybridized carbons (Fsp3) is 0.385. The highest BCUT2D eigenvalue weighted by Crippen LogP contribution is 2.15. The monoisotopic (exact) mass is 271 g/mol. The van der Waals surface area contributed by atoms with Gasteiger partial charge in [0, 0.05) is 6.42 Å². The number of amides is 1. The van der Waals surface area contributed by atoms with Gasteiger partial charge in [-0.05, 0) is 12.5 Å². The van der Waals surface area contributed by atoms with Gasteiger partial charge in [0.25, 0.3) is 0 Å². The molecule has 0 fully saturated rings. The van der Waals surface area contributed by atoms with Crippen LogP contribution in [-0.4, -0.2) is 29.5 Å².